The van der Waals surface area contributed by atoms with E-state index in [0.717, 1.165) is 17.9 Å². The van der Waals surface area contributed by atoms with Gasteiger partial charge in [-0.2, -0.15) is 0 Å². The summed E-state index contributed by atoms with van der Waals surface area (Å²) in [6.07, 6.45) is 5.14. The van der Waals surface area contributed by atoms with Crippen molar-refractivity contribution in [2.75, 3.05) is 6.54 Å². The molecule has 0 bridgehead atoms. The van der Waals surface area contributed by atoms with Gasteiger partial charge in [-0.25, -0.2) is 4.98 Å². The molecule has 0 amide bonds. The van der Waals surface area contributed by atoms with Crippen LogP contribution in [0.5, 0.6) is 0 Å². The van der Waals surface area contributed by atoms with Crippen molar-refractivity contribution in [3.63, 3.8) is 0 Å². The monoisotopic (exact) mass is 319 g/mol. The third-order valence-electron chi connectivity index (χ3n) is 5.04. The van der Waals surface area contributed by atoms with Gasteiger partial charge in [-0.1, -0.05) is 42.3 Å². The van der Waals surface area contributed by atoms with Crippen LogP contribution < -0.4 is 5.32 Å². The fraction of sp³-hybridized carbons (Fsp3) is 0.381. The van der Waals surface area contributed by atoms with E-state index in [0.29, 0.717) is 6.04 Å². The number of hydrogen-bond donors (Lipinski definition) is 1. The third kappa shape index (κ3) is 3.09. The van der Waals surface area contributed by atoms with Crippen LogP contribution in [0.4, 0.5) is 0 Å². The molecule has 1 saturated heterocycles. The zero-order valence-electron chi connectivity index (χ0n) is 14.3. The Kier molecular flexibility index (Phi) is 4.35. The summed E-state index contributed by atoms with van der Waals surface area (Å²) >= 11 is 0. The molecule has 2 aromatic carbocycles. The van der Waals surface area contributed by atoms with Crippen LogP contribution in [0.3, 0.4) is 0 Å². The molecule has 1 fully saturated rings. The minimum atomic E-state index is 0.644. The summed E-state index contributed by atoms with van der Waals surface area (Å²) in [5, 5.41) is 3.66. The van der Waals surface area contributed by atoms with Crippen molar-refractivity contribution in [3.05, 3.63) is 54.1 Å². The molecule has 1 aliphatic rings. The number of nitrogens with one attached hydrogen (secondary N) is 1. The van der Waals surface area contributed by atoms with E-state index in [1.165, 1.54) is 48.9 Å². The quantitative estimate of drug-likeness (QED) is 0.765. The summed E-state index contributed by atoms with van der Waals surface area (Å²) < 4.78 is 2.40. The maximum atomic E-state index is 4.93. The molecule has 0 radical (unpaired) electrons. The van der Waals surface area contributed by atoms with Crippen molar-refractivity contribution in [3.8, 4) is 11.4 Å². The van der Waals surface area contributed by atoms with Crippen molar-refractivity contribution in [1.29, 1.82) is 0 Å². The van der Waals surface area contributed by atoms with E-state index in [9.17, 15) is 0 Å². The molecular weight excluding hydrogens is 294 g/mol. The first-order valence-corrected chi connectivity index (χ1v) is 9.07. The Labute approximate surface area is 143 Å². The van der Waals surface area contributed by atoms with E-state index in [1.807, 2.05) is 0 Å². The highest BCUT2D eigenvalue weighted by Crippen LogP contribution is 2.26. The lowest BCUT2D eigenvalue weighted by atomic mass is 10.0. The zero-order valence-corrected chi connectivity index (χ0v) is 14.3. The maximum absolute atomic E-state index is 4.93. The first kappa shape index (κ1) is 15.4. The number of para-hydroxylation sites is 2. The Morgan fingerprint density at radius 3 is 2.88 bits per heavy atom. The second kappa shape index (κ2) is 6.78. The number of hydrogen-bond acceptors (Lipinski definition) is 2. The fourth-order valence-corrected chi connectivity index (χ4v) is 3.76. The number of benzene rings is 2. The van der Waals surface area contributed by atoms with E-state index in [-0.39, 0.29) is 0 Å². The molecule has 1 unspecified atom stereocenters. The van der Waals surface area contributed by atoms with Gasteiger partial charge in [0.2, 0.25) is 0 Å². The predicted molar refractivity (Wildman–Crippen MR) is 100 cm³/mol. The molecule has 1 atom stereocenters. The minimum Gasteiger partial charge on any atom is -0.324 e. The molecule has 4 rings (SSSR count). The van der Waals surface area contributed by atoms with Gasteiger partial charge >= 0.3 is 0 Å². The molecule has 3 aromatic rings. The molecule has 1 aliphatic heterocycles. The normalized spacial score (nSPS) is 18.1. The lowest BCUT2D eigenvalue weighted by Gasteiger charge is -2.24. The largest absolute Gasteiger partial charge is 0.324 e. The molecule has 1 N–H and O–H groups in total. The van der Waals surface area contributed by atoms with Gasteiger partial charge < -0.3 is 9.88 Å². The Balaban J connectivity index is 1.70. The molecule has 3 nitrogen and oxygen atoms in total. The molecule has 1 aromatic heterocycles. The summed E-state index contributed by atoms with van der Waals surface area (Å²) in [6.45, 7) is 4.32. The number of aromatic nitrogens is 2. The van der Waals surface area contributed by atoms with Crippen LogP contribution in [-0.4, -0.2) is 22.1 Å². The van der Waals surface area contributed by atoms with Gasteiger partial charge in [0.25, 0.3) is 0 Å². The molecule has 3 heteroatoms. The summed E-state index contributed by atoms with van der Waals surface area (Å²) in [4.78, 5) is 4.93. The standard InChI is InChI=1S/C21H25N3/c1-16-7-6-8-17(15-16)21-23-19-10-2-3-11-20(19)24(21)14-12-18-9-4-5-13-22-18/h2-3,6-8,10-11,15,18,22H,4-5,9,12-14H2,1H3. The van der Waals surface area contributed by atoms with Crippen LogP contribution in [0, 0.1) is 6.92 Å². The van der Waals surface area contributed by atoms with Crippen molar-refractivity contribution >= 4 is 11.0 Å². The Morgan fingerprint density at radius 1 is 1.12 bits per heavy atom. The average molecular weight is 319 g/mol. The number of piperidine rings is 1. The van der Waals surface area contributed by atoms with Gasteiger partial charge in [0, 0.05) is 18.2 Å². The van der Waals surface area contributed by atoms with E-state index in [1.54, 1.807) is 0 Å². The van der Waals surface area contributed by atoms with Crippen LogP contribution in [0.1, 0.15) is 31.2 Å². The molecule has 24 heavy (non-hydrogen) atoms. The number of aryl methyl sites for hydroxylation is 2. The highest BCUT2D eigenvalue weighted by atomic mass is 15.1. The molecule has 0 aliphatic carbocycles. The summed E-state index contributed by atoms with van der Waals surface area (Å²) in [6, 6.07) is 17.8. The lowest BCUT2D eigenvalue weighted by molar-refractivity contribution is 0.368. The minimum absolute atomic E-state index is 0.644. The number of imidazole rings is 1. The molecule has 2 heterocycles. The average Bonchev–Trinajstić information content (AvgIpc) is 2.99. The molecule has 0 spiro atoms. The second-order valence-corrected chi connectivity index (χ2v) is 6.88. The van der Waals surface area contributed by atoms with Gasteiger partial charge in [-0.3, -0.25) is 0 Å². The smallest absolute Gasteiger partial charge is 0.141 e. The van der Waals surface area contributed by atoms with Crippen LogP contribution in [0.2, 0.25) is 0 Å². The van der Waals surface area contributed by atoms with E-state index >= 15 is 0 Å². The third-order valence-corrected chi connectivity index (χ3v) is 5.04. The topological polar surface area (TPSA) is 29.9 Å². The van der Waals surface area contributed by atoms with Crippen molar-refractivity contribution in [2.45, 2.75) is 45.2 Å². The van der Waals surface area contributed by atoms with E-state index < -0.39 is 0 Å². The van der Waals surface area contributed by atoms with Gasteiger partial charge in [-0.05, 0) is 50.9 Å². The van der Waals surface area contributed by atoms with Gasteiger partial charge in [0.05, 0.1) is 11.0 Å². The summed E-state index contributed by atoms with van der Waals surface area (Å²) in [5.74, 6) is 1.09. The zero-order chi connectivity index (χ0) is 16.4. The Morgan fingerprint density at radius 2 is 2.04 bits per heavy atom. The van der Waals surface area contributed by atoms with Crippen LogP contribution >= 0.6 is 0 Å². The predicted octanol–water partition coefficient (Wildman–Crippen LogP) is 4.54. The second-order valence-electron chi connectivity index (χ2n) is 6.88. The first-order valence-electron chi connectivity index (χ1n) is 9.07. The maximum Gasteiger partial charge on any atom is 0.141 e. The highest BCUT2D eigenvalue weighted by Gasteiger charge is 2.16. The highest BCUT2D eigenvalue weighted by molar-refractivity contribution is 5.80. The summed E-state index contributed by atoms with van der Waals surface area (Å²) in [5.41, 5.74) is 4.82. The van der Waals surface area contributed by atoms with Crippen LogP contribution in [-0.2, 0) is 6.54 Å². The number of fused-ring (bicyclic) bond motifs is 1. The van der Waals surface area contributed by atoms with E-state index in [4.69, 9.17) is 4.98 Å². The SMILES string of the molecule is Cc1cccc(-c2nc3ccccc3n2CCC2CCCCN2)c1. The van der Waals surface area contributed by atoms with E-state index in [2.05, 4.69) is 65.3 Å². The Bertz CT molecular complexity index is 828. The molecule has 124 valence electrons. The van der Waals surface area contributed by atoms with Gasteiger partial charge in [0.1, 0.15) is 5.82 Å². The van der Waals surface area contributed by atoms with Gasteiger partial charge in [0.15, 0.2) is 0 Å². The first-order chi connectivity index (χ1) is 11.8. The summed E-state index contributed by atoms with van der Waals surface area (Å²) in [7, 11) is 0. The van der Waals surface area contributed by atoms with Crippen molar-refractivity contribution in [2.24, 2.45) is 0 Å². The van der Waals surface area contributed by atoms with Crippen LogP contribution in [0.15, 0.2) is 48.5 Å². The number of rotatable bonds is 4. The van der Waals surface area contributed by atoms with Crippen molar-refractivity contribution in [1.82, 2.24) is 14.9 Å². The van der Waals surface area contributed by atoms with Crippen molar-refractivity contribution < 1.29 is 0 Å². The molecular formula is C21H25N3. The lowest BCUT2D eigenvalue weighted by Crippen LogP contribution is -2.34. The molecule has 0 saturated carbocycles. The number of nitrogens with zero attached hydrogens (tertiary/aromatic N) is 2. The van der Waals surface area contributed by atoms with Gasteiger partial charge in [-0.15, -0.1) is 0 Å². The Hall–Kier alpha value is -2.13. The van der Waals surface area contributed by atoms with Crippen LogP contribution in [0.25, 0.3) is 22.4 Å². The fourth-order valence-electron chi connectivity index (χ4n) is 3.76.